The Labute approximate surface area is 69.7 Å². The number of hydrogen-bond donors (Lipinski definition) is 0. The fourth-order valence-electron chi connectivity index (χ4n) is 0.753. The van der Waals surface area contributed by atoms with Gasteiger partial charge in [0, 0.05) is 5.02 Å². The van der Waals surface area contributed by atoms with Gasteiger partial charge in [-0.25, -0.2) is 0 Å². The van der Waals surface area contributed by atoms with Gasteiger partial charge in [0.05, 0.1) is 0 Å². The number of aryl methyl sites for hydroxylation is 1. The van der Waals surface area contributed by atoms with E-state index in [1.54, 1.807) is 18.2 Å². The first-order valence-corrected chi connectivity index (χ1v) is 3.48. The Kier molecular flexibility index (Phi) is 2.49. The van der Waals surface area contributed by atoms with E-state index in [9.17, 15) is 4.79 Å². The van der Waals surface area contributed by atoms with Gasteiger partial charge in [0.15, 0.2) is 0 Å². The molecule has 0 saturated carbocycles. The van der Waals surface area contributed by atoms with Crippen molar-refractivity contribution in [3.8, 4) is 5.75 Å². The van der Waals surface area contributed by atoms with Crippen LogP contribution in [0, 0.1) is 6.92 Å². The average molecular weight is 171 g/mol. The minimum Gasteiger partial charge on any atom is -0.428 e. The van der Waals surface area contributed by atoms with Gasteiger partial charge in [-0.3, -0.25) is 4.79 Å². The lowest BCUT2D eigenvalue weighted by molar-refractivity contribution is -0.120. The molecule has 0 spiro atoms. The normalized spacial score (nSPS) is 9.27. The summed E-state index contributed by atoms with van der Waals surface area (Å²) < 4.78 is 4.65. The first-order valence-electron chi connectivity index (χ1n) is 3.10. The quantitative estimate of drug-likeness (QED) is 0.636. The average Bonchev–Trinajstić information content (AvgIpc) is 1.98. The zero-order valence-electron chi connectivity index (χ0n) is 6.00. The first-order chi connectivity index (χ1) is 5.24. The topological polar surface area (TPSA) is 26.3 Å². The maximum atomic E-state index is 9.97. The third-order valence-electron chi connectivity index (χ3n) is 1.33. The Hall–Kier alpha value is -1.02. The molecule has 0 radical (unpaired) electrons. The Morgan fingerprint density at radius 2 is 2.27 bits per heavy atom. The van der Waals surface area contributed by atoms with Crippen molar-refractivity contribution in [2.24, 2.45) is 0 Å². The third-order valence-corrected chi connectivity index (χ3v) is 1.56. The molecule has 1 aromatic carbocycles. The second-order valence-corrected chi connectivity index (χ2v) is 2.56. The van der Waals surface area contributed by atoms with Crippen LogP contribution in [0.4, 0.5) is 0 Å². The molecule has 1 rings (SSSR count). The van der Waals surface area contributed by atoms with E-state index < -0.39 is 0 Å². The highest BCUT2D eigenvalue weighted by Gasteiger charge is 1.98. The first kappa shape index (κ1) is 8.08. The predicted octanol–water partition coefficient (Wildman–Crippen LogP) is 2.18. The summed E-state index contributed by atoms with van der Waals surface area (Å²) in [5.74, 6) is 0.507. The van der Waals surface area contributed by atoms with Crippen LogP contribution in [0.1, 0.15) is 5.56 Å². The molecule has 0 saturated heterocycles. The van der Waals surface area contributed by atoms with Crippen LogP contribution in [0.2, 0.25) is 5.02 Å². The van der Waals surface area contributed by atoms with Gasteiger partial charge in [-0.1, -0.05) is 17.7 Å². The second-order valence-electron chi connectivity index (χ2n) is 2.12. The predicted molar refractivity (Wildman–Crippen MR) is 42.9 cm³/mol. The highest BCUT2D eigenvalue weighted by Crippen LogP contribution is 2.21. The number of halogens is 1. The van der Waals surface area contributed by atoms with Crippen molar-refractivity contribution in [3.63, 3.8) is 0 Å². The summed E-state index contributed by atoms with van der Waals surface area (Å²) >= 11 is 5.66. The minimum absolute atomic E-state index is 0.388. The van der Waals surface area contributed by atoms with E-state index in [1.807, 2.05) is 6.92 Å². The third kappa shape index (κ3) is 1.95. The molecule has 0 unspecified atom stereocenters. The smallest absolute Gasteiger partial charge is 0.298 e. The molecular weight excluding hydrogens is 164 g/mol. The van der Waals surface area contributed by atoms with Gasteiger partial charge in [0.1, 0.15) is 5.75 Å². The number of carbonyl (C=O) groups is 1. The molecule has 2 nitrogen and oxygen atoms in total. The zero-order valence-corrected chi connectivity index (χ0v) is 6.76. The van der Waals surface area contributed by atoms with Crippen LogP contribution in [-0.4, -0.2) is 6.47 Å². The lowest BCUT2D eigenvalue weighted by atomic mass is 10.2. The molecule has 0 fully saturated rings. The van der Waals surface area contributed by atoms with Gasteiger partial charge in [-0.05, 0) is 24.6 Å². The van der Waals surface area contributed by atoms with E-state index in [-0.39, 0.29) is 0 Å². The fraction of sp³-hybridized carbons (Fsp3) is 0.125. The highest BCUT2D eigenvalue weighted by molar-refractivity contribution is 6.30. The van der Waals surface area contributed by atoms with Crippen LogP contribution < -0.4 is 4.74 Å². The van der Waals surface area contributed by atoms with Gasteiger partial charge < -0.3 is 4.74 Å². The summed E-state index contributed by atoms with van der Waals surface area (Å²) in [5, 5.41) is 0.562. The largest absolute Gasteiger partial charge is 0.428 e. The van der Waals surface area contributed by atoms with E-state index in [1.165, 1.54) is 0 Å². The number of benzene rings is 1. The maximum Gasteiger partial charge on any atom is 0.298 e. The van der Waals surface area contributed by atoms with Crippen molar-refractivity contribution < 1.29 is 9.53 Å². The Morgan fingerprint density at radius 1 is 1.55 bits per heavy atom. The number of rotatable bonds is 2. The lowest BCUT2D eigenvalue weighted by Gasteiger charge is -2.01. The van der Waals surface area contributed by atoms with Gasteiger partial charge in [0.25, 0.3) is 6.47 Å². The van der Waals surface area contributed by atoms with E-state index in [0.29, 0.717) is 17.2 Å². The molecule has 0 heterocycles. The van der Waals surface area contributed by atoms with Crippen LogP contribution in [0.25, 0.3) is 0 Å². The van der Waals surface area contributed by atoms with E-state index in [4.69, 9.17) is 11.6 Å². The Bertz CT molecular complexity index is 271. The second kappa shape index (κ2) is 3.39. The van der Waals surface area contributed by atoms with Crippen molar-refractivity contribution in [1.29, 1.82) is 0 Å². The summed E-state index contributed by atoms with van der Waals surface area (Å²) in [4.78, 5) is 9.97. The molecule has 0 amide bonds. The zero-order chi connectivity index (χ0) is 8.27. The summed E-state index contributed by atoms with van der Waals surface area (Å²) in [6.45, 7) is 2.23. The SMILES string of the molecule is Cc1ccc(Cl)cc1OC=O. The molecule has 0 aliphatic carbocycles. The maximum absolute atomic E-state index is 9.97. The van der Waals surface area contributed by atoms with Crippen molar-refractivity contribution in [2.45, 2.75) is 6.92 Å². The van der Waals surface area contributed by atoms with Crippen LogP contribution in [0.3, 0.4) is 0 Å². The molecule has 1 aromatic rings. The van der Waals surface area contributed by atoms with Crippen LogP contribution in [0.15, 0.2) is 18.2 Å². The minimum atomic E-state index is 0.388. The molecule has 0 bridgehead atoms. The van der Waals surface area contributed by atoms with Crippen LogP contribution in [-0.2, 0) is 4.79 Å². The van der Waals surface area contributed by atoms with Crippen LogP contribution in [0.5, 0.6) is 5.75 Å². The summed E-state index contributed by atoms with van der Waals surface area (Å²) in [5.41, 5.74) is 0.890. The van der Waals surface area contributed by atoms with Gasteiger partial charge in [-0.2, -0.15) is 0 Å². The Balaban J connectivity index is 3.01. The van der Waals surface area contributed by atoms with Gasteiger partial charge in [0.2, 0.25) is 0 Å². The van der Waals surface area contributed by atoms with E-state index >= 15 is 0 Å². The monoisotopic (exact) mass is 170 g/mol. The number of ether oxygens (including phenoxy) is 1. The molecule has 0 aliphatic rings. The fourth-order valence-corrected chi connectivity index (χ4v) is 0.915. The molecule has 0 aromatic heterocycles. The van der Waals surface area contributed by atoms with E-state index in [2.05, 4.69) is 4.74 Å². The molecular formula is C8H7ClO2. The van der Waals surface area contributed by atoms with E-state index in [0.717, 1.165) is 5.56 Å². The summed E-state index contributed by atoms with van der Waals surface area (Å²) in [6, 6.07) is 5.14. The molecule has 58 valence electrons. The van der Waals surface area contributed by atoms with Gasteiger partial charge >= 0.3 is 0 Å². The summed E-state index contributed by atoms with van der Waals surface area (Å²) in [6.07, 6.45) is 0. The van der Waals surface area contributed by atoms with Crippen molar-refractivity contribution in [1.82, 2.24) is 0 Å². The molecule has 3 heteroatoms. The van der Waals surface area contributed by atoms with Crippen molar-refractivity contribution in [3.05, 3.63) is 28.8 Å². The molecule has 0 aliphatic heterocycles. The van der Waals surface area contributed by atoms with Gasteiger partial charge in [-0.15, -0.1) is 0 Å². The molecule has 11 heavy (non-hydrogen) atoms. The standard InChI is InChI=1S/C8H7ClO2/c1-6-2-3-7(9)4-8(6)11-5-10/h2-5H,1H3. The number of hydrogen-bond acceptors (Lipinski definition) is 2. The van der Waals surface area contributed by atoms with Crippen molar-refractivity contribution >= 4 is 18.1 Å². The Morgan fingerprint density at radius 3 is 2.91 bits per heavy atom. The lowest BCUT2D eigenvalue weighted by Crippen LogP contribution is -1.90. The number of carbonyl (C=O) groups excluding carboxylic acids is 1. The molecule has 0 atom stereocenters. The van der Waals surface area contributed by atoms with Crippen molar-refractivity contribution in [2.75, 3.05) is 0 Å². The highest BCUT2D eigenvalue weighted by atomic mass is 35.5. The van der Waals surface area contributed by atoms with Crippen LogP contribution >= 0.6 is 11.6 Å². The molecule has 0 N–H and O–H groups in total. The summed E-state index contributed by atoms with van der Waals surface area (Å²) in [7, 11) is 0.